The number of hydrogen-bond acceptors (Lipinski definition) is 7. The smallest absolute Gasteiger partial charge is 0.325 e. The summed E-state index contributed by atoms with van der Waals surface area (Å²) >= 11 is 1.37. The Balaban J connectivity index is 2.51. The molecule has 0 radical (unpaired) electrons. The van der Waals surface area contributed by atoms with Crippen LogP contribution in [0.3, 0.4) is 0 Å². The molecule has 1 heterocycles. The maximum Gasteiger partial charge on any atom is 0.325 e. The molecule has 0 amide bonds. The fraction of sp³-hybridized carbons (Fsp3) is 0.462. The summed E-state index contributed by atoms with van der Waals surface area (Å²) in [6.07, 6.45) is 0. The van der Waals surface area contributed by atoms with Crippen molar-refractivity contribution in [2.24, 2.45) is 0 Å². The molecule has 0 spiro atoms. The summed E-state index contributed by atoms with van der Waals surface area (Å²) in [5, 5.41) is 11.1. The lowest BCUT2D eigenvalue weighted by Gasteiger charge is -2.32. The van der Waals surface area contributed by atoms with Crippen molar-refractivity contribution in [3.63, 3.8) is 0 Å². The molecule has 1 atom stereocenters. The van der Waals surface area contributed by atoms with Gasteiger partial charge in [0.2, 0.25) is 5.82 Å². The number of hydrogen-bond donors (Lipinski definition) is 0. The topological polar surface area (TPSA) is 107 Å². The second-order valence-corrected chi connectivity index (χ2v) is 7.81. The van der Waals surface area contributed by atoms with Crippen LogP contribution in [0.1, 0.15) is 6.92 Å². The summed E-state index contributed by atoms with van der Waals surface area (Å²) in [6.45, 7) is 1.64. The van der Waals surface area contributed by atoms with E-state index in [4.69, 9.17) is 4.74 Å². The van der Waals surface area contributed by atoms with Crippen molar-refractivity contribution in [3.8, 4) is 0 Å². The van der Waals surface area contributed by atoms with E-state index in [1.54, 1.807) is 6.92 Å². The van der Waals surface area contributed by atoms with Crippen LogP contribution in [-0.4, -0.2) is 54.3 Å². The standard InChI is InChI=1S/C13H15FN2O6S2/c1-2-22-13(17)10-8-23-7-6-15(10)24(20,21)11-5-3-4-9(14)12(11)16(18)19/h3-5,10H,2,6-8H2,1H3/t10-/m1/s1. The number of para-hydroxylation sites is 1. The minimum atomic E-state index is -4.44. The molecule has 0 N–H and O–H groups in total. The maximum absolute atomic E-state index is 13.8. The van der Waals surface area contributed by atoms with Gasteiger partial charge in [0.05, 0.1) is 11.5 Å². The van der Waals surface area contributed by atoms with E-state index >= 15 is 0 Å². The van der Waals surface area contributed by atoms with Crippen molar-refractivity contribution in [1.82, 2.24) is 4.31 Å². The summed E-state index contributed by atoms with van der Waals surface area (Å²) in [7, 11) is -4.44. The molecule has 1 aromatic rings. The molecule has 1 aliphatic rings. The predicted molar refractivity (Wildman–Crippen MR) is 84.7 cm³/mol. The average Bonchev–Trinajstić information content (AvgIpc) is 2.54. The number of nitro groups is 1. The Morgan fingerprint density at radius 2 is 2.25 bits per heavy atom. The van der Waals surface area contributed by atoms with E-state index in [-0.39, 0.29) is 18.9 Å². The summed E-state index contributed by atoms with van der Waals surface area (Å²) in [6, 6.07) is 1.75. The lowest BCUT2D eigenvalue weighted by Crippen LogP contribution is -2.50. The van der Waals surface area contributed by atoms with Crippen LogP contribution in [0.4, 0.5) is 10.1 Å². The van der Waals surface area contributed by atoms with Crippen LogP contribution in [0.25, 0.3) is 0 Å². The minimum Gasteiger partial charge on any atom is -0.465 e. The first-order valence-corrected chi connectivity index (χ1v) is 9.59. The van der Waals surface area contributed by atoms with Gasteiger partial charge in [-0.05, 0) is 19.1 Å². The molecule has 8 nitrogen and oxygen atoms in total. The average molecular weight is 378 g/mol. The van der Waals surface area contributed by atoms with E-state index in [9.17, 15) is 27.7 Å². The molecule has 24 heavy (non-hydrogen) atoms. The van der Waals surface area contributed by atoms with Gasteiger partial charge in [-0.1, -0.05) is 6.07 Å². The van der Waals surface area contributed by atoms with Crippen LogP contribution in [0.5, 0.6) is 0 Å². The van der Waals surface area contributed by atoms with E-state index in [1.807, 2.05) is 0 Å². The normalized spacial score (nSPS) is 19.0. The zero-order valence-electron chi connectivity index (χ0n) is 12.7. The zero-order valence-corrected chi connectivity index (χ0v) is 14.3. The Labute approximate surface area is 142 Å². The number of nitrogens with zero attached hydrogens (tertiary/aromatic N) is 2. The van der Waals surface area contributed by atoms with Crippen LogP contribution in [0.15, 0.2) is 23.1 Å². The highest BCUT2D eigenvalue weighted by molar-refractivity contribution is 7.99. The summed E-state index contributed by atoms with van der Waals surface area (Å²) in [5.74, 6) is -1.40. The van der Waals surface area contributed by atoms with Crippen molar-refractivity contribution < 1.29 is 27.3 Å². The second-order valence-electron chi connectivity index (χ2n) is 4.80. The van der Waals surface area contributed by atoms with E-state index in [1.165, 1.54) is 11.8 Å². The highest BCUT2D eigenvalue weighted by Gasteiger charge is 2.42. The van der Waals surface area contributed by atoms with Crippen molar-refractivity contribution in [2.75, 3.05) is 24.7 Å². The monoisotopic (exact) mass is 378 g/mol. The van der Waals surface area contributed by atoms with Gasteiger partial charge in [0.25, 0.3) is 10.0 Å². The van der Waals surface area contributed by atoms with Gasteiger partial charge in [0.1, 0.15) is 6.04 Å². The molecule has 1 saturated heterocycles. The molecule has 1 fully saturated rings. The summed E-state index contributed by atoms with van der Waals surface area (Å²) in [5.41, 5.74) is -1.13. The molecular weight excluding hydrogens is 363 g/mol. The number of carbonyl (C=O) groups excluding carboxylic acids is 1. The molecule has 0 bridgehead atoms. The van der Waals surface area contributed by atoms with Crippen LogP contribution >= 0.6 is 11.8 Å². The summed E-state index contributed by atoms with van der Waals surface area (Å²) in [4.78, 5) is 21.2. The summed E-state index contributed by atoms with van der Waals surface area (Å²) < 4.78 is 45.1. The molecule has 0 aliphatic carbocycles. The molecule has 11 heteroatoms. The van der Waals surface area contributed by atoms with Crippen molar-refractivity contribution in [1.29, 1.82) is 0 Å². The van der Waals surface area contributed by atoms with Crippen molar-refractivity contribution in [2.45, 2.75) is 17.9 Å². The van der Waals surface area contributed by atoms with Crippen LogP contribution in [0, 0.1) is 15.9 Å². The third-order valence-electron chi connectivity index (χ3n) is 3.36. The van der Waals surface area contributed by atoms with E-state index in [0.717, 1.165) is 22.5 Å². The molecule has 0 aromatic heterocycles. The van der Waals surface area contributed by atoms with Crippen LogP contribution in [-0.2, 0) is 19.6 Å². The van der Waals surface area contributed by atoms with Crippen LogP contribution < -0.4 is 0 Å². The number of sulfonamides is 1. The molecular formula is C13H15FN2O6S2. The van der Waals surface area contributed by atoms with Gasteiger partial charge in [0, 0.05) is 18.1 Å². The third kappa shape index (κ3) is 3.52. The minimum absolute atomic E-state index is 0.0237. The molecule has 1 aliphatic heterocycles. The van der Waals surface area contributed by atoms with E-state index in [0.29, 0.717) is 5.75 Å². The highest BCUT2D eigenvalue weighted by atomic mass is 32.2. The molecule has 1 aromatic carbocycles. The first-order chi connectivity index (χ1) is 11.3. The maximum atomic E-state index is 13.8. The third-order valence-corrected chi connectivity index (χ3v) is 6.32. The predicted octanol–water partition coefficient (Wildman–Crippen LogP) is 1.40. The second kappa shape index (κ2) is 7.45. The number of carbonyl (C=O) groups is 1. The van der Waals surface area contributed by atoms with E-state index < -0.39 is 43.4 Å². The van der Waals surface area contributed by atoms with Gasteiger partial charge >= 0.3 is 11.7 Å². The number of ether oxygens (including phenoxy) is 1. The number of esters is 1. The number of rotatable bonds is 5. The quantitative estimate of drug-likeness (QED) is 0.433. The van der Waals surface area contributed by atoms with Gasteiger partial charge in [-0.25, -0.2) is 8.42 Å². The largest absolute Gasteiger partial charge is 0.465 e. The SMILES string of the molecule is CCOC(=O)[C@H]1CSCCN1S(=O)(=O)c1cccc(F)c1[N+](=O)[O-]. The number of nitro benzene ring substituents is 1. The first-order valence-electron chi connectivity index (χ1n) is 6.99. The Kier molecular flexibility index (Phi) is 5.78. The molecule has 132 valence electrons. The number of benzene rings is 1. The Hall–Kier alpha value is -1.72. The number of thioether (sulfide) groups is 1. The fourth-order valence-electron chi connectivity index (χ4n) is 2.31. The molecule has 0 saturated carbocycles. The number of halogens is 1. The Morgan fingerprint density at radius 1 is 1.54 bits per heavy atom. The highest BCUT2D eigenvalue weighted by Crippen LogP contribution is 2.32. The lowest BCUT2D eigenvalue weighted by atomic mass is 10.3. The zero-order chi connectivity index (χ0) is 17.9. The van der Waals surface area contributed by atoms with Crippen molar-refractivity contribution in [3.05, 3.63) is 34.1 Å². The first kappa shape index (κ1) is 18.6. The Bertz CT molecular complexity index is 755. The van der Waals surface area contributed by atoms with Gasteiger partial charge in [0.15, 0.2) is 4.90 Å². The molecule has 2 rings (SSSR count). The van der Waals surface area contributed by atoms with Crippen molar-refractivity contribution >= 4 is 33.4 Å². The molecule has 0 unspecified atom stereocenters. The van der Waals surface area contributed by atoms with Gasteiger partial charge in [-0.2, -0.15) is 20.5 Å². The fourth-order valence-corrected chi connectivity index (χ4v) is 5.30. The van der Waals surface area contributed by atoms with Gasteiger partial charge in [-0.15, -0.1) is 0 Å². The van der Waals surface area contributed by atoms with E-state index in [2.05, 4.69) is 0 Å². The van der Waals surface area contributed by atoms with Gasteiger partial charge in [-0.3, -0.25) is 14.9 Å². The van der Waals surface area contributed by atoms with Crippen LogP contribution in [0.2, 0.25) is 0 Å². The Morgan fingerprint density at radius 3 is 2.88 bits per heavy atom. The van der Waals surface area contributed by atoms with Gasteiger partial charge < -0.3 is 4.74 Å². The lowest BCUT2D eigenvalue weighted by molar-refractivity contribution is -0.390.